The highest BCUT2D eigenvalue weighted by atomic mass is 32.2. The van der Waals surface area contributed by atoms with Gasteiger partial charge in [-0.2, -0.15) is 10.1 Å². The van der Waals surface area contributed by atoms with Crippen LogP contribution in [0.4, 0.5) is 17.6 Å². The van der Waals surface area contributed by atoms with Crippen molar-refractivity contribution in [2.75, 3.05) is 53.2 Å². The molecule has 0 bridgehead atoms. The normalized spacial score (nSPS) is 13.1. The van der Waals surface area contributed by atoms with Gasteiger partial charge in [0.2, 0.25) is 0 Å². The largest absolute Gasteiger partial charge is 0.355 e. The summed E-state index contributed by atoms with van der Waals surface area (Å²) in [6.07, 6.45) is 19.6. The van der Waals surface area contributed by atoms with E-state index in [1.54, 1.807) is 145 Å². The van der Waals surface area contributed by atoms with E-state index in [-0.39, 0.29) is 4.90 Å². The van der Waals surface area contributed by atoms with Crippen LogP contribution in [0, 0.1) is 0 Å². The zero-order valence-corrected chi connectivity index (χ0v) is 55.5. The first-order chi connectivity index (χ1) is 44.6. The SMILES string of the molecule is CS(=O)(=O)c1ccc(-c2cc3nn(Cc4cccs4)cc3cn2)cc1.CS(=O)(=O)c1ccc(-c2cncc(N3CCCC3)n2)cc1.CS(=O)(=O)c1ccc(-c2cncc(N3Cc4cccnc4C3)n2)cc1.CS(=O)(=O)c1ccc(-c2nc(NCc3cccs3)no2)cc1. The van der Waals surface area contributed by atoms with Gasteiger partial charge in [-0.1, -0.05) is 54.6 Å². The van der Waals surface area contributed by atoms with E-state index in [2.05, 4.69) is 77.8 Å². The van der Waals surface area contributed by atoms with Crippen molar-refractivity contribution in [3.63, 3.8) is 0 Å². The van der Waals surface area contributed by atoms with Crippen LogP contribution in [0.2, 0.25) is 0 Å². The molecule has 1 saturated heterocycles. The molecule has 0 unspecified atom stereocenters. The van der Waals surface area contributed by atoms with E-state index in [0.717, 1.165) is 82.5 Å². The smallest absolute Gasteiger partial charge is 0.264 e. The summed E-state index contributed by atoms with van der Waals surface area (Å²) in [7, 11) is -12.8. The molecule has 1 fully saturated rings. The van der Waals surface area contributed by atoms with Crippen LogP contribution in [0.25, 0.3) is 56.1 Å². The Morgan fingerprint density at radius 3 is 1.53 bits per heavy atom. The van der Waals surface area contributed by atoms with Crippen molar-refractivity contribution in [3.8, 4) is 45.2 Å². The van der Waals surface area contributed by atoms with Gasteiger partial charge in [-0.25, -0.2) is 43.6 Å². The standard InChI is InChI=1S/C18H16N4O2S.C18H15N3O2S2.C15H17N3O2S.C14H13N3O3S2/c1-25(23,24)15-6-4-13(5-7-15)16-9-19-10-18(21-16)22-11-14-3-2-8-20-17(14)12-22;1-25(22,23)16-6-4-13(5-7-16)17-9-18-14(10-19-17)11-21(20-18)12-15-3-2-8-24-15;1-21(19,20)13-6-4-12(5-7-13)14-10-16-11-15(17-14)18-8-2-3-9-18;1-22(18,19)12-6-4-10(5-7-12)13-16-14(17-20-13)15-9-11-3-2-8-21-11/h2-10H,11-12H2,1H3;2-11H,12H2,1H3;4-7,10-11H,2-3,8-9H2,1H3;2-8H,9H2,1H3,(H,15,17). The number of hydrogen-bond acceptors (Lipinski definition) is 23. The molecule has 4 aromatic carbocycles. The van der Waals surface area contributed by atoms with Crippen molar-refractivity contribution in [3.05, 3.63) is 215 Å². The van der Waals surface area contributed by atoms with Gasteiger partial charge in [-0.15, -0.1) is 22.7 Å². The van der Waals surface area contributed by atoms with Crippen molar-refractivity contribution >= 4 is 90.5 Å². The van der Waals surface area contributed by atoms with E-state index in [4.69, 9.17) is 4.52 Å². The molecular formula is C65H61N13O9S6. The third kappa shape index (κ3) is 17.0. The van der Waals surface area contributed by atoms with Crippen LogP contribution >= 0.6 is 22.7 Å². The van der Waals surface area contributed by atoms with Gasteiger partial charge in [0.25, 0.3) is 11.8 Å². The molecule has 2 aliphatic heterocycles. The molecule has 10 heterocycles. The van der Waals surface area contributed by atoms with E-state index >= 15 is 0 Å². The van der Waals surface area contributed by atoms with Crippen LogP contribution in [0.5, 0.6) is 0 Å². The first-order valence-corrected chi connectivity index (χ1v) is 38.1. The highest BCUT2D eigenvalue weighted by Crippen LogP contribution is 2.30. The predicted octanol–water partition coefficient (Wildman–Crippen LogP) is 11.0. The Balaban J connectivity index is 0.000000127. The lowest BCUT2D eigenvalue weighted by molar-refractivity contribution is 0.432. The fourth-order valence-electron chi connectivity index (χ4n) is 9.83. The zero-order valence-electron chi connectivity index (χ0n) is 50.6. The van der Waals surface area contributed by atoms with Gasteiger partial charge in [-0.05, 0) is 119 Å². The average molecular weight is 1360 g/mol. The fourth-order valence-corrected chi connectivity index (χ4v) is 13.7. The first kappa shape index (κ1) is 65.1. The van der Waals surface area contributed by atoms with Crippen molar-refractivity contribution in [2.24, 2.45) is 0 Å². The van der Waals surface area contributed by atoms with Crippen LogP contribution in [0.1, 0.15) is 33.9 Å². The van der Waals surface area contributed by atoms with Crippen molar-refractivity contribution < 1.29 is 38.2 Å². The Bertz CT molecular complexity index is 4990. The molecule has 476 valence electrons. The Kier molecular flexibility index (Phi) is 19.7. The summed E-state index contributed by atoms with van der Waals surface area (Å²) in [6, 6.07) is 40.6. The molecule has 14 rings (SSSR count). The fraction of sp³-hybridized carbons (Fsp3) is 0.185. The molecule has 2 aliphatic rings. The summed E-state index contributed by atoms with van der Waals surface area (Å²) in [4.78, 5) is 38.9. The molecule has 0 radical (unpaired) electrons. The van der Waals surface area contributed by atoms with Crippen LogP contribution in [-0.4, -0.2) is 122 Å². The summed E-state index contributed by atoms with van der Waals surface area (Å²) in [5.41, 5.74) is 8.61. The molecule has 12 aromatic rings. The van der Waals surface area contributed by atoms with E-state index in [1.165, 1.54) is 65.3 Å². The molecule has 8 aromatic heterocycles. The lowest BCUT2D eigenvalue weighted by Gasteiger charge is -2.16. The lowest BCUT2D eigenvalue weighted by Crippen LogP contribution is -2.19. The van der Waals surface area contributed by atoms with Crippen molar-refractivity contribution in [1.82, 2.24) is 49.8 Å². The summed E-state index contributed by atoms with van der Waals surface area (Å²) in [6.45, 7) is 4.88. The van der Waals surface area contributed by atoms with Gasteiger partial charge < -0.3 is 19.6 Å². The number of nitrogens with one attached hydrogen (secondary N) is 1. The molecule has 22 nitrogen and oxygen atoms in total. The molecule has 93 heavy (non-hydrogen) atoms. The third-order valence-corrected chi connectivity index (χ3v) is 21.0. The second-order valence-corrected chi connectivity index (χ2v) is 31.9. The summed E-state index contributed by atoms with van der Waals surface area (Å²) < 4.78 is 99.2. The summed E-state index contributed by atoms with van der Waals surface area (Å²) in [5.74, 6) is 2.41. The molecule has 0 spiro atoms. The van der Waals surface area contributed by atoms with Crippen molar-refractivity contribution in [1.29, 1.82) is 0 Å². The quantitative estimate of drug-likeness (QED) is 0.0997. The third-order valence-electron chi connectivity index (χ3n) is 14.7. The highest BCUT2D eigenvalue weighted by molar-refractivity contribution is 7.91. The molecule has 1 N–H and O–H groups in total. The minimum atomic E-state index is -3.21. The monoisotopic (exact) mass is 1360 g/mol. The zero-order chi connectivity index (χ0) is 65.3. The minimum absolute atomic E-state index is 0.256. The number of benzene rings is 4. The minimum Gasteiger partial charge on any atom is -0.355 e. The van der Waals surface area contributed by atoms with Gasteiger partial charge >= 0.3 is 0 Å². The van der Waals surface area contributed by atoms with Gasteiger partial charge in [0.15, 0.2) is 39.3 Å². The van der Waals surface area contributed by atoms with Crippen LogP contribution in [0.3, 0.4) is 0 Å². The van der Waals surface area contributed by atoms with E-state index in [0.29, 0.717) is 50.9 Å². The highest BCUT2D eigenvalue weighted by Gasteiger charge is 2.22. The Labute approximate surface area is 546 Å². The topological polar surface area (TPSA) is 289 Å². The number of hydrogen-bond donors (Lipinski definition) is 1. The second kappa shape index (κ2) is 28.2. The maximum atomic E-state index is 11.6. The Morgan fingerprint density at radius 1 is 0.516 bits per heavy atom. The molecule has 0 saturated carbocycles. The molecule has 0 atom stereocenters. The Hall–Kier alpha value is -9.45. The summed E-state index contributed by atoms with van der Waals surface area (Å²) >= 11 is 3.35. The van der Waals surface area contributed by atoms with E-state index in [9.17, 15) is 33.7 Å². The number of anilines is 3. The molecule has 0 amide bonds. The number of sulfone groups is 4. The average Bonchev–Trinajstić information content (AvgIpc) is 1.93. The number of rotatable bonds is 15. The van der Waals surface area contributed by atoms with Crippen LogP contribution < -0.4 is 15.1 Å². The molecule has 28 heteroatoms. The first-order valence-electron chi connectivity index (χ1n) is 28.8. The maximum Gasteiger partial charge on any atom is 0.264 e. The maximum absolute atomic E-state index is 11.6. The van der Waals surface area contributed by atoms with Crippen LogP contribution in [-0.2, 0) is 65.5 Å². The van der Waals surface area contributed by atoms with E-state index in [1.807, 2.05) is 46.6 Å². The van der Waals surface area contributed by atoms with Gasteiger partial charge in [0, 0.05) is 101 Å². The van der Waals surface area contributed by atoms with Gasteiger partial charge in [0.1, 0.15) is 11.6 Å². The number of thiophene rings is 2. The number of pyridine rings is 2. The number of nitrogens with zero attached hydrogens (tertiary/aromatic N) is 12. The molecular weight excluding hydrogens is 1300 g/mol. The predicted molar refractivity (Wildman–Crippen MR) is 361 cm³/mol. The molecule has 0 aliphatic carbocycles. The van der Waals surface area contributed by atoms with Crippen molar-refractivity contribution in [2.45, 2.75) is 58.6 Å². The van der Waals surface area contributed by atoms with Gasteiger partial charge in [0.05, 0.1) is 92.3 Å². The van der Waals surface area contributed by atoms with Gasteiger partial charge in [-0.3, -0.25) is 24.6 Å². The van der Waals surface area contributed by atoms with Crippen LogP contribution in [0.15, 0.2) is 218 Å². The second-order valence-electron chi connectivity index (χ2n) is 21.8. The van der Waals surface area contributed by atoms with E-state index < -0.39 is 39.3 Å². The lowest BCUT2D eigenvalue weighted by atomic mass is 10.1. The Morgan fingerprint density at radius 2 is 1.02 bits per heavy atom. The number of aromatic nitrogens is 10. The number of fused-ring (bicyclic) bond motifs is 2. The summed E-state index contributed by atoms with van der Waals surface area (Å²) in [5, 5.41) is 16.6.